The second kappa shape index (κ2) is 3.98. The molecule has 1 fully saturated rings. The first-order valence-electron chi connectivity index (χ1n) is 4.06. The number of ether oxygens (including phenoxy) is 1. The van der Waals surface area contributed by atoms with E-state index in [2.05, 4.69) is 20.8 Å². The molecule has 1 aliphatic rings. The Hall–Kier alpha value is -0.450. The molecule has 0 atom stereocenters. The van der Waals surface area contributed by atoms with Gasteiger partial charge < -0.3 is 4.74 Å². The van der Waals surface area contributed by atoms with Gasteiger partial charge in [-0.3, -0.25) is 4.90 Å². The summed E-state index contributed by atoms with van der Waals surface area (Å²) in [5.74, 6) is 0. The first-order valence-corrected chi connectivity index (χ1v) is 4.93. The van der Waals surface area contributed by atoms with Crippen LogP contribution >= 0.6 is 11.3 Å². The van der Waals surface area contributed by atoms with E-state index in [-0.39, 0.29) is 0 Å². The van der Waals surface area contributed by atoms with Gasteiger partial charge in [0.25, 0.3) is 0 Å². The summed E-state index contributed by atoms with van der Waals surface area (Å²) in [7, 11) is 0. The van der Waals surface area contributed by atoms with E-state index in [1.807, 2.05) is 0 Å². The first kappa shape index (κ1) is 8.16. The van der Waals surface area contributed by atoms with Crippen LogP contribution in [0.1, 0.15) is 5.69 Å². The van der Waals surface area contributed by atoms with Gasteiger partial charge in [0.1, 0.15) is 0 Å². The molecule has 1 aromatic rings. The van der Waals surface area contributed by atoms with Crippen molar-refractivity contribution in [3.63, 3.8) is 0 Å². The summed E-state index contributed by atoms with van der Waals surface area (Å²) in [5, 5.41) is 2.05. The third-order valence-electron chi connectivity index (χ3n) is 1.93. The largest absolute Gasteiger partial charge is 0.379 e. The summed E-state index contributed by atoms with van der Waals surface area (Å²) in [6.45, 7) is 4.71. The molecule has 0 aliphatic carbocycles. The van der Waals surface area contributed by atoms with E-state index in [0.717, 1.165) is 38.5 Å². The highest BCUT2D eigenvalue weighted by Crippen LogP contribution is 2.06. The van der Waals surface area contributed by atoms with Crippen LogP contribution in [-0.2, 0) is 11.3 Å². The molecule has 0 saturated carbocycles. The minimum absolute atomic E-state index is 0.855. The minimum atomic E-state index is 0.855. The molecule has 0 amide bonds. The molecule has 2 rings (SSSR count). The summed E-state index contributed by atoms with van der Waals surface area (Å²) in [4.78, 5) is 6.47. The third-order valence-corrected chi connectivity index (χ3v) is 2.51. The summed E-state index contributed by atoms with van der Waals surface area (Å²) in [6, 6.07) is 0. The number of hydrogen-bond acceptors (Lipinski definition) is 4. The highest BCUT2D eigenvalue weighted by atomic mass is 32.1. The predicted molar refractivity (Wildman–Crippen MR) is 47.0 cm³/mol. The number of thiazole rings is 1. The van der Waals surface area contributed by atoms with Gasteiger partial charge in [-0.15, -0.1) is 11.3 Å². The van der Waals surface area contributed by atoms with Crippen molar-refractivity contribution in [1.29, 1.82) is 0 Å². The zero-order valence-electron chi connectivity index (χ0n) is 6.82. The molecule has 1 radical (unpaired) electrons. The van der Waals surface area contributed by atoms with Crippen LogP contribution in [0.2, 0.25) is 0 Å². The van der Waals surface area contributed by atoms with Gasteiger partial charge >= 0.3 is 0 Å². The van der Waals surface area contributed by atoms with Crippen molar-refractivity contribution in [3.8, 4) is 0 Å². The summed E-state index contributed by atoms with van der Waals surface area (Å²) < 4.78 is 5.25. The quantitative estimate of drug-likeness (QED) is 0.677. The van der Waals surface area contributed by atoms with Crippen LogP contribution in [-0.4, -0.2) is 36.2 Å². The van der Waals surface area contributed by atoms with Crippen molar-refractivity contribution in [2.75, 3.05) is 26.3 Å². The molecule has 0 bridgehead atoms. The zero-order chi connectivity index (χ0) is 8.23. The molecule has 12 heavy (non-hydrogen) atoms. The molecule has 4 heteroatoms. The monoisotopic (exact) mass is 183 g/mol. The molecule has 1 saturated heterocycles. The average molecular weight is 183 g/mol. The Labute approximate surface area is 76.0 Å². The van der Waals surface area contributed by atoms with Crippen LogP contribution in [0.15, 0.2) is 5.38 Å². The van der Waals surface area contributed by atoms with Crippen LogP contribution in [0.25, 0.3) is 0 Å². The first-order chi connectivity index (χ1) is 5.95. The van der Waals surface area contributed by atoms with Crippen LogP contribution in [0.4, 0.5) is 0 Å². The van der Waals surface area contributed by atoms with Gasteiger partial charge in [-0.05, 0) is 0 Å². The van der Waals surface area contributed by atoms with Gasteiger partial charge in [0.05, 0.1) is 18.9 Å². The van der Waals surface area contributed by atoms with Gasteiger partial charge in [-0.1, -0.05) is 0 Å². The molecule has 0 aromatic carbocycles. The van der Waals surface area contributed by atoms with Crippen molar-refractivity contribution in [2.24, 2.45) is 0 Å². The van der Waals surface area contributed by atoms with Crippen molar-refractivity contribution in [2.45, 2.75) is 6.54 Å². The summed E-state index contributed by atoms with van der Waals surface area (Å²) in [5.41, 5.74) is 3.98. The number of aromatic nitrogens is 1. The fourth-order valence-corrected chi connectivity index (χ4v) is 1.75. The second-order valence-electron chi connectivity index (χ2n) is 2.82. The topological polar surface area (TPSA) is 25.4 Å². The summed E-state index contributed by atoms with van der Waals surface area (Å²) >= 11 is 1.53. The maximum Gasteiger partial charge on any atom is 0.152 e. The molecule has 2 heterocycles. The fourth-order valence-electron chi connectivity index (χ4n) is 1.27. The molecule has 65 valence electrons. The molecule has 1 aliphatic heterocycles. The van der Waals surface area contributed by atoms with E-state index in [4.69, 9.17) is 4.74 Å². The Morgan fingerprint density at radius 1 is 1.58 bits per heavy atom. The number of nitrogens with zero attached hydrogens (tertiary/aromatic N) is 2. The smallest absolute Gasteiger partial charge is 0.152 e. The number of hydrogen-bond donors (Lipinski definition) is 0. The SMILES string of the molecule is [c]1nc(CN2CCOCC2)cs1. The van der Waals surface area contributed by atoms with Gasteiger partial charge in [0.2, 0.25) is 0 Å². The van der Waals surface area contributed by atoms with Crippen LogP contribution in [0.3, 0.4) is 0 Å². The third kappa shape index (κ3) is 2.03. The molecular formula is C8H11N2OS. The number of morpholine rings is 1. The van der Waals surface area contributed by atoms with Gasteiger partial charge in [0, 0.05) is 25.0 Å². The lowest BCUT2D eigenvalue weighted by atomic mass is 10.4. The van der Waals surface area contributed by atoms with Crippen molar-refractivity contribution < 1.29 is 4.74 Å². The Morgan fingerprint density at radius 3 is 3.08 bits per heavy atom. The predicted octanol–water partition coefficient (Wildman–Crippen LogP) is 0.775. The van der Waals surface area contributed by atoms with Crippen LogP contribution in [0.5, 0.6) is 0 Å². The molecule has 0 N–H and O–H groups in total. The molecule has 1 aromatic heterocycles. The Kier molecular flexibility index (Phi) is 2.71. The standard InChI is InChI=1S/C8H11N2OS/c1-3-11-4-2-10(1)5-8-6-12-7-9-8/h6H,1-5H2. The van der Waals surface area contributed by atoms with E-state index in [1.54, 1.807) is 0 Å². The molecular weight excluding hydrogens is 172 g/mol. The Bertz CT molecular complexity index is 219. The van der Waals surface area contributed by atoms with E-state index in [9.17, 15) is 0 Å². The zero-order valence-corrected chi connectivity index (χ0v) is 7.64. The number of rotatable bonds is 2. The average Bonchev–Trinajstić information content (AvgIpc) is 2.59. The van der Waals surface area contributed by atoms with Crippen molar-refractivity contribution >= 4 is 11.3 Å². The minimum Gasteiger partial charge on any atom is -0.379 e. The van der Waals surface area contributed by atoms with E-state index < -0.39 is 0 Å². The lowest BCUT2D eigenvalue weighted by molar-refractivity contribution is 0.0337. The Balaban J connectivity index is 1.86. The van der Waals surface area contributed by atoms with Gasteiger partial charge in [0.15, 0.2) is 5.51 Å². The lowest BCUT2D eigenvalue weighted by Crippen LogP contribution is -2.35. The molecule has 0 spiro atoms. The molecule has 0 unspecified atom stereocenters. The van der Waals surface area contributed by atoms with Gasteiger partial charge in [-0.25, -0.2) is 4.98 Å². The van der Waals surface area contributed by atoms with Gasteiger partial charge in [-0.2, -0.15) is 0 Å². The summed E-state index contributed by atoms with van der Waals surface area (Å²) in [6.07, 6.45) is 0. The Morgan fingerprint density at radius 2 is 2.42 bits per heavy atom. The fraction of sp³-hybridized carbons (Fsp3) is 0.625. The van der Waals surface area contributed by atoms with Crippen LogP contribution in [0, 0.1) is 5.51 Å². The highest BCUT2D eigenvalue weighted by molar-refractivity contribution is 7.07. The lowest BCUT2D eigenvalue weighted by Gasteiger charge is -2.25. The van der Waals surface area contributed by atoms with E-state index >= 15 is 0 Å². The van der Waals surface area contributed by atoms with E-state index in [1.165, 1.54) is 11.3 Å². The highest BCUT2D eigenvalue weighted by Gasteiger charge is 2.10. The molecule has 3 nitrogen and oxygen atoms in total. The second-order valence-corrected chi connectivity index (χ2v) is 3.47. The van der Waals surface area contributed by atoms with Crippen molar-refractivity contribution in [1.82, 2.24) is 9.88 Å². The van der Waals surface area contributed by atoms with Crippen molar-refractivity contribution in [3.05, 3.63) is 16.6 Å². The van der Waals surface area contributed by atoms with Crippen LogP contribution < -0.4 is 0 Å². The normalized spacial score (nSPS) is 19.7. The van der Waals surface area contributed by atoms with E-state index in [0.29, 0.717) is 0 Å². The maximum absolute atomic E-state index is 5.25. The maximum atomic E-state index is 5.25.